The van der Waals surface area contributed by atoms with Crippen LogP contribution in [-0.4, -0.2) is 31.3 Å². The normalized spacial score (nSPS) is 10.8. The second kappa shape index (κ2) is 9.84. The molecule has 12 heteroatoms. The highest BCUT2D eigenvalue weighted by Gasteiger charge is 2.18. The number of hydrogen-bond donors (Lipinski definition) is 1. The van der Waals surface area contributed by atoms with E-state index in [0.717, 1.165) is 29.5 Å². The van der Waals surface area contributed by atoms with Gasteiger partial charge in [-0.25, -0.2) is 0 Å². The van der Waals surface area contributed by atoms with E-state index >= 15 is 0 Å². The number of anilines is 1. The van der Waals surface area contributed by atoms with Gasteiger partial charge in [-0.2, -0.15) is 4.39 Å². The average Bonchev–Trinajstić information content (AvgIpc) is 3.44. The van der Waals surface area contributed by atoms with Crippen LogP contribution in [0.25, 0.3) is 11.4 Å². The molecule has 0 fully saturated rings. The van der Waals surface area contributed by atoms with Crippen LogP contribution < -0.4 is 5.32 Å². The van der Waals surface area contributed by atoms with Crippen molar-refractivity contribution in [3.05, 3.63) is 87.6 Å². The SMILES string of the molecule is O=C(CSc1nnc(-c2ccc(Cl)cc2)n1Cc1ccco1)Nc1ccc(F)c([N+](=O)[O-])c1. The Morgan fingerprint density at radius 1 is 1.21 bits per heavy atom. The Labute approximate surface area is 195 Å². The Bertz CT molecular complexity index is 1290. The highest BCUT2D eigenvalue weighted by atomic mass is 35.5. The fourth-order valence-corrected chi connectivity index (χ4v) is 3.83. The molecule has 0 radical (unpaired) electrons. The number of benzene rings is 2. The minimum absolute atomic E-state index is 0.0535. The molecule has 0 saturated carbocycles. The third-order valence-corrected chi connectivity index (χ3v) is 5.69. The number of amides is 1. The zero-order valence-corrected chi connectivity index (χ0v) is 18.3. The lowest BCUT2D eigenvalue weighted by Gasteiger charge is -2.09. The second-order valence-electron chi connectivity index (χ2n) is 6.74. The molecule has 0 unspecified atom stereocenters. The molecule has 9 nitrogen and oxygen atoms in total. The van der Waals surface area contributed by atoms with Gasteiger partial charge in [-0.15, -0.1) is 10.2 Å². The van der Waals surface area contributed by atoms with Crippen LogP contribution in [0.2, 0.25) is 5.02 Å². The molecular formula is C21H15ClFN5O4S. The van der Waals surface area contributed by atoms with Crippen LogP contribution in [-0.2, 0) is 11.3 Å². The van der Waals surface area contributed by atoms with Crippen molar-refractivity contribution in [2.75, 3.05) is 11.1 Å². The van der Waals surface area contributed by atoms with Gasteiger partial charge in [0, 0.05) is 22.3 Å². The number of carbonyl (C=O) groups excluding carboxylic acids is 1. The Morgan fingerprint density at radius 3 is 2.70 bits per heavy atom. The quantitative estimate of drug-likeness (QED) is 0.211. The van der Waals surface area contributed by atoms with Gasteiger partial charge < -0.3 is 9.73 Å². The van der Waals surface area contributed by atoms with Crippen molar-refractivity contribution in [1.29, 1.82) is 0 Å². The van der Waals surface area contributed by atoms with Gasteiger partial charge in [0.15, 0.2) is 11.0 Å². The fourth-order valence-electron chi connectivity index (χ4n) is 2.97. The van der Waals surface area contributed by atoms with Crippen LogP contribution in [0.1, 0.15) is 5.76 Å². The van der Waals surface area contributed by atoms with E-state index in [2.05, 4.69) is 15.5 Å². The van der Waals surface area contributed by atoms with Crippen molar-refractivity contribution in [2.45, 2.75) is 11.7 Å². The van der Waals surface area contributed by atoms with Crippen LogP contribution in [0.3, 0.4) is 0 Å². The predicted molar refractivity (Wildman–Crippen MR) is 121 cm³/mol. The summed E-state index contributed by atoms with van der Waals surface area (Å²) in [6, 6.07) is 13.8. The third-order valence-electron chi connectivity index (χ3n) is 4.47. The second-order valence-corrected chi connectivity index (χ2v) is 8.12. The molecule has 0 aliphatic carbocycles. The smallest absolute Gasteiger partial charge is 0.306 e. The van der Waals surface area contributed by atoms with Gasteiger partial charge in [-0.1, -0.05) is 23.4 Å². The molecule has 2 heterocycles. The number of nitrogens with one attached hydrogen (secondary N) is 1. The van der Waals surface area contributed by atoms with E-state index in [1.807, 2.05) is 22.8 Å². The number of furan rings is 1. The molecule has 0 aliphatic heterocycles. The summed E-state index contributed by atoms with van der Waals surface area (Å²) in [6.45, 7) is 0.339. The Hall–Kier alpha value is -3.70. The van der Waals surface area contributed by atoms with E-state index < -0.39 is 22.3 Å². The maximum absolute atomic E-state index is 13.5. The first-order valence-corrected chi connectivity index (χ1v) is 10.8. The van der Waals surface area contributed by atoms with E-state index in [4.69, 9.17) is 16.0 Å². The molecule has 0 saturated heterocycles. The summed E-state index contributed by atoms with van der Waals surface area (Å²) in [5.41, 5.74) is 0.187. The number of aromatic nitrogens is 3. The van der Waals surface area contributed by atoms with Crippen LogP contribution >= 0.6 is 23.4 Å². The monoisotopic (exact) mass is 487 g/mol. The number of carbonyl (C=O) groups is 1. The zero-order chi connectivity index (χ0) is 23.4. The number of hydrogen-bond acceptors (Lipinski definition) is 7. The average molecular weight is 488 g/mol. The first-order valence-electron chi connectivity index (χ1n) is 9.49. The zero-order valence-electron chi connectivity index (χ0n) is 16.8. The lowest BCUT2D eigenvalue weighted by atomic mass is 10.2. The summed E-state index contributed by atoms with van der Waals surface area (Å²) in [5, 5.41) is 22.9. The van der Waals surface area contributed by atoms with Gasteiger partial charge in [0.25, 0.3) is 0 Å². The lowest BCUT2D eigenvalue weighted by molar-refractivity contribution is -0.387. The van der Waals surface area contributed by atoms with E-state index in [1.165, 1.54) is 6.07 Å². The van der Waals surface area contributed by atoms with Crippen molar-refractivity contribution in [3.63, 3.8) is 0 Å². The molecule has 2 aromatic carbocycles. The highest BCUT2D eigenvalue weighted by molar-refractivity contribution is 7.99. The van der Waals surface area contributed by atoms with Gasteiger partial charge in [0.05, 0.1) is 23.5 Å². The summed E-state index contributed by atoms with van der Waals surface area (Å²) in [5.74, 6) is -0.230. The van der Waals surface area contributed by atoms with Crippen LogP contribution in [0.15, 0.2) is 70.4 Å². The number of halogens is 2. The molecule has 168 valence electrons. The molecule has 33 heavy (non-hydrogen) atoms. The van der Waals surface area contributed by atoms with Gasteiger partial charge in [-0.05, 0) is 48.5 Å². The maximum atomic E-state index is 13.5. The van der Waals surface area contributed by atoms with Crippen molar-refractivity contribution in [2.24, 2.45) is 0 Å². The molecule has 1 N–H and O–H groups in total. The standard InChI is InChI=1S/C21H15ClFN5O4S/c22-14-5-3-13(4-6-14)20-25-26-21(27(20)11-16-2-1-9-32-16)33-12-19(29)24-15-7-8-17(23)18(10-15)28(30)31/h1-10H,11-12H2,(H,24,29). The molecular weight excluding hydrogens is 473 g/mol. The first kappa shape index (κ1) is 22.5. The summed E-state index contributed by atoms with van der Waals surface area (Å²) in [6.07, 6.45) is 1.56. The minimum Gasteiger partial charge on any atom is -0.467 e. The molecule has 2 aromatic heterocycles. The molecule has 0 atom stereocenters. The highest BCUT2D eigenvalue weighted by Crippen LogP contribution is 2.27. The largest absolute Gasteiger partial charge is 0.467 e. The maximum Gasteiger partial charge on any atom is 0.306 e. The van der Waals surface area contributed by atoms with Crippen molar-refractivity contribution >= 4 is 40.6 Å². The van der Waals surface area contributed by atoms with E-state index in [1.54, 1.807) is 24.5 Å². The van der Waals surface area contributed by atoms with Crippen molar-refractivity contribution in [3.8, 4) is 11.4 Å². The Balaban J connectivity index is 1.51. The van der Waals surface area contributed by atoms with Gasteiger partial charge in [0.1, 0.15) is 5.76 Å². The summed E-state index contributed by atoms with van der Waals surface area (Å²) in [4.78, 5) is 22.4. The lowest BCUT2D eigenvalue weighted by Crippen LogP contribution is -2.15. The Morgan fingerprint density at radius 2 is 2.00 bits per heavy atom. The van der Waals surface area contributed by atoms with E-state index in [-0.39, 0.29) is 11.4 Å². The summed E-state index contributed by atoms with van der Waals surface area (Å²) < 4.78 is 20.8. The van der Waals surface area contributed by atoms with E-state index in [0.29, 0.717) is 28.3 Å². The molecule has 0 spiro atoms. The number of rotatable bonds is 8. The number of thioether (sulfide) groups is 1. The summed E-state index contributed by atoms with van der Waals surface area (Å²) in [7, 11) is 0. The third kappa shape index (κ3) is 5.38. The molecule has 4 aromatic rings. The molecule has 1 amide bonds. The van der Waals surface area contributed by atoms with Gasteiger partial charge >= 0.3 is 5.69 Å². The minimum atomic E-state index is -0.979. The van der Waals surface area contributed by atoms with Crippen LogP contribution in [0.4, 0.5) is 15.8 Å². The van der Waals surface area contributed by atoms with Crippen molar-refractivity contribution in [1.82, 2.24) is 14.8 Å². The Kier molecular flexibility index (Phi) is 6.71. The van der Waals surface area contributed by atoms with E-state index in [9.17, 15) is 19.3 Å². The van der Waals surface area contributed by atoms with Gasteiger partial charge in [-0.3, -0.25) is 19.5 Å². The fraction of sp³-hybridized carbons (Fsp3) is 0.0952. The van der Waals surface area contributed by atoms with Crippen LogP contribution in [0.5, 0.6) is 0 Å². The van der Waals surface area contributed by atoms with Crippen molar-refractivity contribution < 1.29 is 18.5 Å². The summed E-state index contributed by atoms with van der Waals surface area (Å²) >= 11 is 7.11. The first-order chi connectivity index (χ1) is 15.9. The molecule has 0 aliphatic rings. The predicted octanol–water partition coefficient (Wildman–Crippen LogP) is 5.02. The molecule has 4 rings (SSSR count). The topological polar surface area (TPSA) is 116 Å². The van der Waals surface area contributed by atoms with Gasteiger partial charge in [0.2, 0.25) is 11.7 Å². The molecule has 0 bridgehead atoms. The number of nitro groups is 1. The number of nitro benzene ring substituents is 1. The number of nitrogens with zero attached hydrogens (tertiary/aromatic N) is 4. The van der Waals surface area contributed by atoms with Crippen LogP contribution in [0, 0.1) is 15.9 Å².